The minimum atomic E-state index is -4.61. The van der Waals surface area contributed by atoms with E-state index in [1.54, 1.807) is 0 Å². The van der Waals surface area contributed by atoms with Crippen LogP contribution in [0.25, 0.3) is 0 Å². The van der Waals surface area contributed by atoms with Crippen LogP contribution in [-0.4, -0.2) is 39.3 Å². The molecule has 7 heteroatoms. The van der Waals surface area contributed by atoms with Gasteiger partial charge in [0, 0.05) is 6.42 Å². The van der Waals surface area contributed by atoms with Crippen LogP contribution in [-0.2, 0) is 4.79 Å². The van der Waals surface area contributed by atoms with Gasteiger partial charge in [0.15, 0.2) is 0 Å². The quantitative estimate of drug-likeness (QED) is 0.242. The van der Waals surface area contributed by atoms with E-state index < -0.39 is 15.0 Å². The van der Waals surface area contributed by atoms with Gasteiger partial charge in [-0.05, 0) is 6.42 Å². The van der Waals surface area contributed by atoms with Gasteiger partial charge in [0.2, 0.25) is 0 Å². The molecule has 0 atom stereocenters. The Bertz CT molecular complexity index is 249. The molecule has 6 nitrogen and oxygen atoms in total. The van der Waals surface area contributed by atoms with Crippen LogP contribution in [0.15, 0.2) is 0 Å². The summed E-state index contributed by atoms with van der Waals surface area (Å²) in [7, 11) is -4.61. The molecular formula is C16H36O6Si. The molecule has 0 heterocycles. The van der Waals surface area contributed by atoms with Crippen LogP contribution in [0.4, 0.5) is 0 Å². The van der Waals surface area contributed by atoms with Crippen molar-refractivity contribution in [2.24, 2.45) is 0 Å². The third-order valence-corrected chi connectivity index (χ3v) is 3.49. The van der Waals surface area contributed by atoms with Gasteiger partial charge in [0.05, 0.1) is 0 Å². The molecule has 0 radical (unpaired) electrons. The number of unbranched alkanes of at least 4 members (excludes halogenated alkanes) is 12. The van der Waals surface area contributed by atoms with Gasteiger partial charge in [-0.2, -0.15) is 0 Å². The van der Waals surface area contributed by atoms with Crippen molar-refractivity contribution in [1.29, 1.82) is 0 Å². The Morgan fingerprint density at radius 1 is 0.652 bits per heavy atom. The molecule has 0 saturated heterocycles. The fourth-order valence-corrected chi connectivity index (χ4v) is 2.29. The van der Waals surface area contributed by atoms with Crippen molar-refractivity contribution in [3.8, 4) is 0 Å². The number of rotatable bonds is 14. The van der Waals surface area contributed by atoms with Crippen molar-refractivity contribution in [2.75, 3.05) is 0 Å². The third kappa shape index (κ3) is 38.9. The van der Waals surface area contributed by atoms with Crippen LogP contribution in [0, 0.1) is 0 Å². The Morgan fingerprint density at radius 2 is 0.913 bits per heavy atom. The van der Waals surface area contributed by atoms with Gasteiger partial charge < -0.3 is 24.3 Å². The van der Waals surface area contributed by atoms with E-state index in [1.807, 2.05) is 0 Å². The van der Waals surface area contributed by atoms with Crippen LogP contribution < -0.4 is 0 Å². The van der Waals surface area contributed by atoms with Crippen molar-refractivity contribution < 1.29 is 29.1 Å². The van der Waals surface area contributed by atoms with E-state index in [0.29, 0.717) is 6.42 Å². The molecule has 0 fully saturated rings. The molecule has 0 aromatic heterocycles. The van der Waals surface area contributed by atoms with Gasteiger partial charge in [-0.25, -0.2) is 0 Å². The van der Waals surface area contributed by atoms with E-state index in [-0.39, 0.29) is 0 Å². The first kappa shape index (κ1) is 24.8. The van der Waals surface area contributed by atoms with E-state index in [9.17, 15) is 4.79 Å². The lowest BCUT2D eigenvalue weighted by molar-refractivity contribution is -0.137. The van der Waals surface area contributed by atoms with Crippen molar-refractivity contribution >= 4 is 15.0 Å². The summed E-state index contributed by atoms with van der Waals surface area (Å²) in [5.74, 6) is -0.655. The Hall–Kier alpha value is -0.473. The highest BCUT2D eigenvalue weighted by molar-refractivity contribution is 6.46. The zero-order chi connectivity index (χ0) is 18.0. The smallest absolute Gasteiger partial charge is 0.481 e. The number of carboxylic acids is 1. The van der Waals surface area contributed by atoms with Crippen molar-refractivity contribution in [1.82, 2.24) is 0 Å². The summed E-state index contributed by atoms with van der Waals surface area (Å²) in [4.78, 5) is 39.6. The van der Waals surface area contributed by atoms with Crippen LogP contribution in [0.2, 0.25) is 0 Å². The molecule has 0 spiro atoms. The molecule has 0 aliphatic heterocycles. The SMILES string of the molecule is CCCCCCCCCCCCCCCC(=O)O.O[Si](O)(O)O. The minimum absolute atomic E-state index is 0.345. The highest BCUT2D eigenvalue weighted by atomic mass is 28.4. The van der Waals surface area contributed by atoms with Crippen LogP contribution in [0.5, 0.6) is 0 Å². The largest absolute Gasteiger partial charge is 0.668 e. The second-order valence-corrected chi connectivity index (χ2v) is 7.19. The third-order valence-electron chi connectivity index (χ3n) is 3.49. The lowest BCUT2D eigenvalue weighted by Gasteiger charge is -2.02. The maximum atomic E-state index is 10.3. The van der Waals surface area contributed by atoms with Gasteiger partial charge in [-0.15, -0.1) is 0 Å². The summed E-state index contributed by atoms with van der Waals surface area (Å²) in [5, 5.41) is 8.49. The first-order chi connectivity index (χ1) is 10.8. The van der Waals surface area contributed by atoms with Crippen molar-refractivity contribution in [2.45, 2.75) is 96.8 Å². The average molecular weight is 353 g/mol. The Balaban J connectivity index is 0. The second kappa shape index (κ2) is 17.9. The Kier molecular flexibility index (Phi) is 19.3. The van der Waals surface area contributed by atoms with E-state index >= 15 is 0 Å². The molecule has 5 N–H and O–H groups in total. The van der Waals surface area contributed by atoms with E-state index in [2.05, 4.69) is 6.92 Å². The Morgan fingerprint density at radius 3 is 1.17 bits per heavy atom. The molecule has 0 bridgehead atoms. The standard InChI is InChI=1S/C16H32O2.H4O4Si/c1-2-3-4-5-6-7-8-9-10-11-12-13-14-15-16(17)18;1-5(2,3)4/h2-15H2,1H3,(H,17,18);1-4H. The van der Waals surface area contributed by atoms with Gasteiger partial charge in [0.25, 0.3) is 0 Å². The highest BCUT2D eigenvalue weighted by Crippen LogP contribution is 2.12. The average Bonchev–Trinajstić information content (AvgIpc) is 2.42. The fraction of sp³-hybridized carbons (Fsp3) is 0.938. The second-order valence-electron chi connectivity index (χ2n) is 5.99. The van der Waals surface area contributed by atoms with Gasteiger partial charge >= 0.3 is 15.0 Å². The summed E-state index contributed by atoms with van der Waals surface area (Å²) < 4.78 is 0. The van der Waals surface area contributed by atoms with E-state index in [0.717, 1.165) is 12.8 Å². The highest BCUT2D eigenvalue weighted by Gasteiger charge is 2.22. The molecule has 0 rings (SSSR count). The number of hydrogen-bond donors (Lipinski definition) is 5. The molecular weight excluding hydrogens is 316 g/mol. The fourth-order valence-electron chi connectivity index (χ4n) is 2.29. The predicted octanol–water partition coefficient (Wildman–Crippen LogP) is 2.94. The zero-order valence-electron chi connectivity index (χ0n) is 14.5. The Labute approximate surface area is 141 Å². The maximum Gasteiger partial charge on any atom is 0.668 e. The molecule has 0 aliphatic carbocycles. The minimum Gasteiger partial charge on any atom is -0.481 e. The predicted molar refractivity (Wildman–Crippen MR) is 92.6 cm³/mol. The van der Waals surface area contributed by atoms with Gasteiger partial charge in [-0.1, -0.05) is 84.0 Å². The summed E-state index contributed by atoms with van der Waals surface area (Å²) in [6.45, 7) is 2.26. The normalized spacial score (nSPS) is 11.0. The summed E-state index contributed by atoms with van der Waals surface area (Å²) in [5.41, 5.74) is 0. The molecule has 23 heavy (non-hydrogen) atoms. The van der Waals surface area contributed by atoms with Crippen LogP contribution >= 0.6 is 0 Å². The summed E-state index contributed by atoms with van der Waals surface area (Å²) >= 11 is 0. The molecule has 0 unspecified atom stereocenters. The van der Waals surface area contributed by atoms with E-state index in [4.69, 9.17) is 24.3 Å². The number of carboxylic acid groups (broad SMARTS) is 1. The molecule has 0 saturated carbocycles. The first-order valence-corrected chi connectivity index (χ1v) is 10.7. The zero-order valence-corrected chi connectivity index (χ0v) is 15.5. The van der Waals surface area contributed by atoms with Crippen molar-refractivity contribution in [3.05, 3.63) is 0 Å². The molecule has 0 aliphatic rings. The molecule has 0 aromatic carbocycles. The number of aliphatic carboxylic acids is 1. The summed E-state index contributed by atoms with van der Waals surface area (Å²) in [6, 6.07) is 0. The molecule has 140 valence electrons. The lowest BCUT2D eigenvalue weighted by atomic mass is 10.0. The van der Waals surface area contributed by atoms with Gasteiger partial charge in [-0.3, -0.25) is 4.79 Å². The lowest BCUT2D eigenvalue weighted by Crippen LogP contribution is -2.33. The van der Waals surface area contributed by atoms with Gasteiger partial charge in [0.1, 0.15) is 0 Å². The van der Waals surface area contributed by atoms with E-state index in [1.165, 1.54) is 70.6 Å². The van der Waals surface area contributed by atoms with Crippen molar-refractivity contribution in [3.63, 3.8) is 0 Å². The monoisotopic (exact) mass is 352 g/mol. The maximum absolute atomic E-state index is 10.3. The number of hydrogen-bond acceptors (Lipinski definition) is 5. The molecule has 0 aromatic rings. The molecule has 0 amide bonds. The van der Waals surface area contributed by atoms with Crippen LogP contribution in [0.3, 0.4) is 0 Å². The first-order valence-electron chi connectivity index (χ1n) is 8.88. The summed E-state index contributed by atoms with van der Waals surface area (Å²) in [6.07, 6.45) is 17.3. The number of carbonyl (C=O) groups is 1. The van der Waals surface area contributed by atoms with Crippen LogP contribution in [0.1, 0.15) is 96.8 Å². The topological polar surface area (TPSA) is 118 Å².